The number of hydrogen-bond acceptors (Lipinski definition) is 3. The highest BCUT2D eigenvalue weighted by Crippen LogP contribution is 2.21. The van der Waals surface area contributed by atoms with Gasteiger partial charge in [0.2, 0.25) is 0 Å². The first-order valence-corrected chi connectivity index (χ1v) is 6.97. The number of aromatic nitrogens is 2. The zero-order valence-electron chi connectivity index (χ0n) is 10.2. The lowest BCUT2D eigenvalue weighted by molar-refractivity contribution is 1.02. The van der Waals surface area contributed by atoms with Gasteiger partial charge in [-0.2, -0.15) is 0 Å². The van der Waals surface area contributed by atoms with Crippen molar-refractivity contribution in [2.45, 2.75) is 0 Å². The van der Waals surface area contributed by atoms with Crippen LogP contribution in [0.1, 0.15) is 0 Å². The van der Waals surface area contributed by atoms with Crippen molar-refractivity contribution in [2.75, 3.05) is 5.73 Å². The predicted octanol–water partition coefficient (Wildman–Crippen LogP) is 3.38. The van der Waals surface area contributed by atoms with Crippen LogP contribution in [0.2, 0.25) is 5.02 Å². The monoisotopic (exact) mass is 349 g/mol. The fourth-order valence-electron chi connectivity index (χ4n) is 2.02. The van der Waals surface area contributed by atoms with Gasteiger partial charge in [0.1, 0.15) is 0 Å². The highest BCUT2D eigenvalue weighted by molar-refractivity contribution is 9.10. The lowest BCUT2D eigenvalue weighted by Gasteiger charge is -2.11. The molecule has 6 heteroatoms. The molecule has 0 saturated heterocycles. The van der Waals surface area contributed by atoms with Crippen molar-refractivity contribution in [2.24, 2.45) is 0 Å². The molecule has 0 aliphatic rings. The molecule has 0 radical (unpaired) electrons. The van der Waals surface area contributed by atoms with Crippen LogP contribution in [0.5, 0.6) is 0 Å². The molecular weight excluding hydrogens is 342 g/mol. The molecule has 3 rings (SSSR count). The molecule has 0 fully saturated rings. The summed E-state index contributed by atoms with van der Waals surface area (Å²) in [6, 6.07) is 12.5. The number of nitrogens with two attached hydrogens (primary N) is 1. The van der Waals surface area contributed by atoms with Crippen LogP contribution < -0.4 is 11.3 Å². The summed E-state index contributed by atoms with van der Waals surface area (Å²) in [6.45, 7) is 0. The summed E-state index contributed by atoms with van der Waals surface area (Å²) in [4.78, 5) is 16.4. The van der Waals surface area contributed by atoms with Crippen molar-refractivity contribution in [1.29, 1.82) is 0 Å². The molecule has 3 aromatic rings. The van der Waals surface area contributed by atoms with Gasteiger partial charge in [-0.25, -0.2) is 4.98 Å². The number of halogens is 2. The Hall–Kier alpha value is -1.85. The minimum Gasteiger partial charge on any atom is -0.379 e. The zero-order chi connectivity index (χ0) is 14.3. The molecule has 0 amide bonds. The number of rotatable bonds is 1. The molecule has 1 heterocycles. The van der Waals surface area contributed by atoms with E-state index in [0.717, 1.165) is 4.47 Å². The highest BCUT2D eigenvalue weighted by Gasteiger charge is 2.10. The Kier molecular flexibility index (Phi) is 3.23. The van der Waals surface area contributed by atoms with Crippen molar-refractivity contribution >= 4 is 44.4 Å². The van der Waals surface area contributed by atoms with E-state index in [1.165, 1.54) is 4.57 Å². The van der Waals surface area contributed by atoms with E-state index >= 15 is 0 Å². The molecule has 0 aliphatic carbocycles. The molecule has 0 bridgehead atoms. The number of nitrogen functional groups attached to an aromatic ring is 1. The standard InChI is InChI=1S/C14H9BrClN3O/c15-8-1-6-12-11(7-8)18-13(17)14(20)19(12)10-4-2-9(16)3-5-10/h1-7H,(H2,17,18). The number of nitrogens with zero attached hydrogens (tertiary/aromatic N) is 2. The smallest absolute Gasteiger partial charge is 0.298 e. The van der Waals surface area contributed by atoms with Crippen LogP contribution in [-0.2, 0) is 0 Å². The third-order valence-corrected chi connectivity index (χ3v) is 3.67. The Morgan fingerprint density at radius 3 is 2.55 bits per heavy atom. The first-order chi connectivity index (χ1) is 9.56. The summed E-state index contributed by atoms with van der Waals surface area (Å²) < 4.78 is 2.40. The van der Waals surface area contributed by atoms with Crippen molar-refractivity contribution < 1.29 is 0 Å². The van der Waals surface area contributed by atoms with Crippen LogP contribution in [0.4, 0.5) is 5.82 Å². The van der Waals surface area contributed by atoms with Gasteiger partial charge in [-0.05, 0) is 42.5 Å². The van der Waals surface area contributed by atoms with Gasteiger partial charge in [0, 0.05) is 15.2 Å². The Morgan fingerprint density at radius 1 is 1.15 bits per heavy atom. The van der Waals surface area contributed by atoms with E-state index in [-0.39, 0.29) is 11.4 Å². The molecule has 1 aromatic heterocycles. The lowest BCUT2D eigenvalue weighted by Crippen LogP contribution is -2.23. The molecule has 0 atom stereocenters. The number of fused-ring (bicyclic) bond motifs is 1. The summed E-state index contributed by atoms with van der Waals surface area (Å²) in [7, 11) is 0. The SMILES string of the molecule is Nc1nc2cc(Br)ccc2n(-c2ccc(Cl)cc2)c1=O. The zero-order valence-corrected chi connectivity index (χ0v) is 12.5. The topological polar surface area (TPSA) is 60.9 Å². The van der Waals surface area contributed by atoms with E-state index < -0.39 is 0 Å². The quantitative estimate of drug-likeness (QED) is 0.732. The van der Waals surface area contributed by atoms with E-state index in [0.29, 0.717) is 21.7 Å². The van der Waals surface area contributed by atoms with E-state index in [4.69, 9.17) is 17.3 Å². The summed E-state index contributed by atoms with van der Waals surface area (Å²) in [5, 5.41) is 0.607. The summed E-state index contributed by atoms with van der Waals surface area (Å²) in [5.41, 5.74) is 7.40. The summed E-state index contributed by atoms with van der Waals surface area (Å²) in [5.74, 6) is -0.0365. The maximum Gasteiger partial charge on any atom is 0.298 e. The molecule has 2 aromatic carbocycles. The van der Waals surface area contributed by atoms with Crippen LogP contribution in [0.3, 0.4) is 0 Å². The molecule has 100 valence electrons. The first-order valence-electron chi connectivity index (χ1n) is 5.80. The van der Waals surface area contributed by atoms with Gasteiger partial charge in [-0.15, -0.1) is 0 Å². The van der Waals surface area contributed by atoms with E-state index in [9.17, 15) is 4.79 Å². The molecule has 0 saturated carbocycles. The molecule has 20 heavy (non-hydrogen) atoms. The largest absolute Gasteiger partial charge is 0.379 e. The van der Waals surface area contributed by atoms with Crippen LogP contribution in [0.15, 0.2) is 51.7 Å². The maximum absolute atomic E-state index is 12.3. The van der Waals surface area contributed by atoms with Crippen LogP contribution in [0, 0.1) is 0 Å². The number of hydrogen-bond donors (Lipinski definition) is 1. The third kappa shape index (κ3) is 2.19. The maximum atomic E-state index is 12.3. The third-order valence-electron chi connectivity index (χ3n) is 2.93. The summed E-state index contributed by atoms with van der Waals surface area (Å²) >= 11 is 9.26. The second-order valence-corrected chi connectivity index (χ2v) is 5.60. The average Bonchev–Trinajstić information content (AvgIpc) is 2.42. The van der Waals surface area contributed by atoms with Gasteiger partial charge >= 0.3 is 0 Å². The van der Waals surface area contributed by atoms with Crippen LogP contribution in [-0.4, -0.2) is 9.55 Å². The van der Waals surface area contributed by atoms with Crippen molar-refractivity contribution in [3.8, 4) is 5.69 Å². The fraction of sp³-hybridized carbons (Fsp3) is 0. The molecule has 2 N–H and O–H groups in total. The van der Waals surface area contributed by atoms with E-state index in [2.05, 4.69) is 20.9 Å². The van der Waals surface area contributed by atoms with Crippen LogP contribution >= 0.6 is 27.5 Å². The van der Waals surface area contributed by atoms with E-state index in [1.54, 1.807) is 24.3 Å². The molecule has 0 unspecified atom stereocenters. The highest BCUT2D eigenvalue weighted by atomic mass is 79.9. The average molecular weight is 351 g/mol. The second-order valence-electron chi connectivity index (χ2n) is 4.25. The van der Waals surface area contributed by atoms with Crippen molar-refractivity contribution in [3.05, 3.63) is 62.3 Å². The van der Waals surface area contributed by atoms with Crippen LogP contribution in [0.25, 0.3) is 16.7 Å². The summed E-state index contributed by atoms with van der Waals surface area (Å²) in [6.07, 6.45) is 0. The Bertz CT molecular complexity index is 859. The Labute approximate surface area is 127 Å². The van der Waals surface area contributed by atoms with Gasteiger partial charge in [0.25, 0.3) is 5.56 Å². The Balaban J connectivity index is 2.41. The van der Waals surface area contributed by atoms with Gasteiger partial charge in [0.05, 0.1) is 11.0 Å². The number of benzene rings is 2. The lowest BCUT2D eigenvalue weighted by atomic mass is 10.2. The predicted molar refractivity (Wildman–Crippen MR) is 84.5 cm³/mol. The minimum atomic E-state index is -0.345. The minimum absolute atomic E-state index is 0.0365. The molecular formula is C14H9BrClN3O. The second kappa shape index (κ2) is 4.92. The van der Waals surface area contributed by atoms with Gasteiger partial charge < -0.3 is 5.73 Å². The molecule has 0 aliphatic heterocycles. The van der Waals surface area contributed by atoms with Crippen molar-refractivity contribution in [3.63, 3.8) is 0 Å². The Morgan fingerprint density at radius 2 is 1.85 bits per heavy atom. The molecule has 4 nitrogen and oxygen atoms in total. The fourth-order valence-corrected chi connectivity index (χ4v) is 2.50. The first kappa shape index (κ1) is 13.1. The van der Waals surface area contributed by atoms with Crippen molar-refractivity contribution in [1.82, 2.24) is 9.55 Å². The normalized spacial score (nSPS) is 10.9. The van der Waals surface area contributed by atoms with Gasteiger partial charge in [0.15, 0.2) is 5.82 Å². The molecule has 0 spiro atoms. The van der Waals surface area contributed by atoms with Gasteiger partial charge in [-0.1, -0.05) is 27.5 Å². The van der Waals surface area contributed by atoms with Gasteiger partial charge in [-0.3, -0.25) is 9.36 Å². The number of anilines is 1. The van der Waals surface area contributed by atoms with E-state index in [1.807, 2.05) is 18.2 Å².